The summed E-state index contributed by atoms with van der Waals surface area (Å²) in [5.74, 6) is -2.06. The van der Waals surface area contributed by atoms with Gasteiger partial charge in [-0.05, 0) is 19.3 Å². The van der Waals surface area contributed by atoms with Gasteiger partial charge in [-0.1, -0.05) is 51.5 Å². The van der Waals surface area contributed by atoms with Gasteiger partial charge < -0.3 is 19.6 Å². The quantitative estimate of drug-likeness (QED) is 0.480. The minimum absolute atomic E-state index is 0.0386. The zero-order valence-electron chi connectivity index (χ0n) is 19.3. The number of esters is 1. The smallest absolute Gasteiger partial charge is 0.311 e. The molecule has 2 saturated heterocycles. The number of ether oxygens (including phenoxy) is 1. The van der Waals surface area contributed by atoms with E-state index in [1.807, 2.05) is 50.0 Å². The Kier molecular flexibility index (Phi) is 6.47. The molecule has 4 aliphatic heterocycles. The Morgan fingerprint density at radius 1 is 1.22 bits per heavy atom. The molecule has 32 heavy (non-hydrogen) atoms. The summed E-state index contributed by atoms with van der Waals surface area (Å²) >= 11 is 1.54. The van der Waals surface area contributed by atoms with E-state index in [1.54, 1.807) is 4.90 Å². The Hall–Kier alpha value is -1.80. The highest BCUT2D eigenvalue weighted by molar-refractivity contribution is 8.02. The molecule has 0 aliphatic carbocycles. The Morgan fingerprint density at radius 2 is 1.97 bits per heavy atom. The minimum Gasteiger partial charge on any atom is -0.461 e. The van der Waals surface area contributed by atoms with Crippen molar-refractivity contribution in [3.8, 4) is 0 Å². The fourth-order valence-electron chi connectivity index (χ4n) is 5.87. The van der Waals surface area contributed by atoms with Crippen LogP contribution < -0.4 is 0 Å². The van der Waals surface area contributed by atoms with Crippen molar-refractivity contribution in [1.29, 1.82) is 0 Å². The molecule has 0 saturated carbocycles. The molecule has 2 amide bonds. The third kappa shape index (κ3) is 3.41. The highest BCUT2D eigenvalue weighted by Crippen LogP contribution is 2.61. The van der Waals surface area contributed by atoms with E-state index < -0.39 is 28.7 Å². The number of fused-ring (bicyclic) bond motifs is 2. The molecule has 0 aromatic carbocycles. The molecule has 1 N–H and O–H groups in total. The maximum absolute atomic E-state index is 14.1. The van der Waals surface area contributed by atoms with Crippen molar-refractivity contribution in [2.24, 2.45) is 17.8 Å². The molecule has 2 fully saturated rings. The van der Waals surface area contributed by atoms with E-state index in [0.29, 0.717) is 6.54 Å². The van der Waals surface area contributed by atoms with E-state index in [1.165, 1.54) is 11.8 Å². The normalized spacial score (nSPS) is 35.9. The summed E-state index contributed by atoms with van der Waals surface area (Å²) in [6.45, 7) is 8.49. The van der Waals surface area contributed by atoms with Crippen molar-refractivity contribution in [1.82, 2.24) is 9.80 Å². The second-order valence-corrected chi connectivity index (χ2v) is 11.2. The van der Waals surface area contributed by atoms with Gasteiger partial charge in [0.25, 0.3) is 0 Å². The number of aliphatic hydroxyl groups is 1. The molecule has 2 unspecified atom stereocenters. The molecule has 0 aromatic rings. The zero-order chi connectivity index (χ0) is 23.2. The lowest BCUT2D eigenvalue weighted by Gasteiger charge is -2.41. The molecular weight excluding hydrogens is 428 g/mol. The number of rotatable bonds is 6. The van der Waals surface area contributed by atoms with Gasteiger partial charge in [-0.15, -0.1) is 11.8 Å². The number of aliphatic hydroxyl groups excluding tert-OH is 1. The van der Waals surface area contributed by atoms with Gasteiger partial charge in [0.1, 0.15) is 12.6 Å². The predicted octanol–water partition coefficient (Wildman–Crippen LogP) is 2.00. The summed E-state index contributed by atoms with van der Waals surface area (Å²) in [6, 6.07) is -1.21. The van der Waals surface area contributed by atoms with Crippen molar-refractivity contribution in [2.75, 3.05) is 19.8 Å². The molecule has 4 heterocycles. The second kappa shape index (κ2) is 8.86. The third-order valence-electron chi connectivity index (χ3n) is 7.44. The molecule has 0 bridgehead atoms. The Morgan fingerprint density at radius 3 is 2.62 bits per heavy atom. The van der Waals surface area contributed by atoms with Gasteiger partial charge in [-0.3, -0.25) is 14.4 Å². The Bertz CT molecular complexity index is 842. The van der Waals surface area contributed by atoms with Crippen LogP contribution in [0.4, 0.5) is 0 Å². The minimum atomic E-state index is -0.854. The van der Waals surface area contributed by atoms with Crippen LogP contribution in [0, 0.1) is 17.8 Å². The molecule has 8 heteroatoms. The standard InChI is InChI=1S/C24H34N2O5S/c1-5-8-15(4)25-11-7-10-24-19(18-17(32-24)9-6-12-31-23(18)30)21(28)26(20(24)22(25)29)16(13-27)14(2)3/h6-7,9-10,14-20,27H,5,8,11-13H2,1-4H3/t15?,16-,17+,18-,19-,20?,24-/m0/s1. The number of nitrogens with zero attached hydrogens (tertiary/aromatic N) is 2. The van der Waals surface area contributed by atoms with Gasteiger partial charge >= 0.3 is 5.97 Å². The number of carbonyl (C=O) groups excluding carboxylic acids is 3. The number of cyclic esters (lactones) is 1. The highest BCUT2D eigenvalue weighted by atomic mass is 32.2. The maximum Gasteiger partial charge on any atom is 0.311 e. The predicted molar refractivity (Wildman–Crippen MR) is 123 cm³/mol. The van der Waals surface area contributed by atoms with Gasteiger partial charge in [0, 0.05) is 17.8 Å². The highest BCUT2D eigenvalue weighted by Gasteiger charge is 2.72. The summed E-state index contributed by atoms with van der Waals surface area (Å²) in [4.78, 5) is 44.5. The lowest BCUT2D eigenvalue weighted by atomic mass is 9.78. The monoisotopic (exact) mass is 462 g/mol. The molecule has 4 rings (SSSR count). The number of amides is 2. The zero-order valence-corrected chi connectivity index (χ0v) is 20.1. The van der Waals surface area contributed by atoms with Gasteiger partial charge in [-0.25, -0.2) is 0 Å². The lowest BCUT2D eigenvalue weighted by Crippen LogP contribution is -2.58. The molecule has 0 radical (unpaired) electrons. The van der Waals surface area contributed by atoms with Crippen LogP contribution in [0.2, 0.25) is 0 Å². The molecule has 0 aromatic heterocycles. The van der Waals surface area contributed by atoms with Crippen LogP contribution in [0.25, 0.3) is 0 Å². The van der Waals surface area contributed by atoms with Gasteiger partial charge in [0.2, 0.25) is 11.8 Å². The van der Waals surface area contributed by atoms with E-state index in [-0.39, 0.29) is 48.2 Å². The summed E-state index contributed by atoms with van der Waals surface area (Å²) in [7, 11) is 0. The molecule has 7 nitrogen and oxygen atoms in total. The first-order valence-electron chi connectivity index (χ1n) is 11.7. The van der Waals surface area contributed by atoms with E-state index in [9.17, 15) is 19.5 Å². The van der Waals surface area contributed by atoms with E-state index in [2.05, 4.69) is 6.92 Å². The molecule has 176 valence electrons. The fraction of sp³-hybridized carbons (Fsp3) is 0.708. The average molecular weight is 463 g/mol. The van der Waals surface area contributed by atoms with Crippen LogP contribution in [0.3, 0.4) is 0 Å². The molecule has 4 aliphatic rings. The van der Waals surface area contributed by atoms with Crippen LogP contribution in [-0.4, -0.2) is 80.6 Å². The van der Waals surface area contributed by atoms with Crippen molar-refractivity contribution in [2.45, 2.75) is 68.7 Å². The van der Waals surface area contributed by atoms with E-state index in [0.717, 1.165) is 12.8 Å². The summed E-state index contributed by atoms with van der Waals surface area (Å²) in [5.41, 5.74) is 0. The number of carbonyl (C=O) groups is 3. The van der Waals surface area contributed by atoms with Crippen LogP contribution in [0.5, 0.6) is 0 Å². The molecule has 1 spiro atoms. The molecular formula is C24H34N2O5S. The van der Waals surface area contributed by atoms with Crippen LogP contribution in [-0.2, 0) is 19.1 Å². The molecule has 7 atom stereocenters. The first kappa shape index (κ1) is 23.4. The number of hydrogen-bond acceptors (Lipinski definition) is 6. The van der Waals surface area contributed by atoms with Crippen LogP contribution >= 0.6 is 11.8 Å². The van der Waals surface area contributed by atoms with E-state index >= 15 is 0 Å². The van der Waals surface area contributed by atoms with Gasteiger partial charge in [-0.2, -0.15) is 0 Å². The van der Waals surface area contributed by atoms with Crippen molar-refractivity contribution in [3.63, 3.8) is 0 Å². The number of hydrogen-bond donors (Lipinski definition) is 1. The average Bonchev–Trinajstić information content (AvgIpc) is 3.03. The first-order valence-corrected chi connectivity index (χ1v) is 12.6. The van der Waals surface area contributed by atoms with Crippen LogP contribution in [0.1, 0.15) is 40.5 Å². The maximum atomic E-state index is 14.1. The lowest BCUT2D eigenvalue weighted by molar-refractivity contribution is -0.152. The third-order valence-corrected chi connectivity index (χ3v) is 9.18. The van der Waals surface area contributed by atoms with Crippen LogP contribution in [0.15, 0.2) is 24.3 Å². The first-order chi connectivity index (χ1) is 15.3. The van der Waals surface area contributed by atoms with E-state index in [4.69, 9.17) is 4.74 Å². The SMILES string of the molecule is CCCC(C)N1CC=C[C@]23S[C@@H]4C=CCOC(=O)[C@@H]4[C@H]2C(=O)N([C@@H](CO)C(C)C)C3C1=O. The fourth-order valence-corrected chi connectivity index (χ4v) is 7.86. The van der Waals surface area contributed by atoms with Gasteiger partial charge in [0.15, 0.2) is 0 Å². The Balaban J connectivity index is 1.85. The number of thioether (sulfide) groups is 1. The summed E-state index contributed by atoms with van der Waals surface area (Å²) < 4.78 is 4.54. The summed E-state index contributed by atoms with van der Waals surface area (Å²) in [5, 5.41) is 10.0. The number of likely N-dealkylation sites (tertiary alicyclic amines) is 1. The van der Waals surface area contributed by atoms with Gasteiger partial charge in [0.05, 0.1) is 29.2 Å². The largest absolute Gasteiger partial charge is 0.461 e. The Labute approximate surface area is 194 Å². The second-order valence-electron chi connectivity index (χ2n) is 9.67. The summed E-state index contributed by atoms with van der Waals surface area (Å²) in [6.07, 6.45) is 9.60. The van der Waals surface area contributed by atoms with Crippen molar-refractivity contribution < 1.29 is 24.2 Å². The van der Waals surface area contributed by atoms with Crippen molar-refractivity contribution in [3.05, 3.63) is 24.3 Å². The van der Waals surface area contributed by atoms with Crippen molar-refractivity contribution >= 4 is 29.5 Å². The topological polar surface area (TPSA) is 87.2 Å².